The van der Waals surface area contributed by atoms with Crippen molar-refractivity contribution in [3.63, 3.8) is 0 Å². The number of benzene rings is 3. The molecular formula is C47H54N6O8S2. The summed E-state index contributed by atoms with van der Waals surface area (Å²) in [5.74, 6) is 2.91. The Hall–Kier alpha value is -5.86. The van der Waals surface area contributed by atoms with Crippen molar-refractivity contribution in [3.05, 3.63) is 126 Å². The maximum Gasteiger partial charge on any atom is 0.421 e. The standard InChI is InChI=1S/C47H54N6O8S2/c1-33-13-17-42(18-14-33)63(58,59)53-35(3)28-37(30-40(53)23-27-60-46(54)50-26-22-39-9-7-24-48-39)29-36-15-19-43(20-16-36)62(56,57)52-34(2)8-6-10-41(52)32-61-47(55)49-25-21-38-31-51-45-12-5-4-11-44(38)45/h4-5,7,9,11-21,24-25,31,34-35,37,40-41,48,51H,6,8,10,22,26,28-30,32H2,1-3H3,(H,49,55)(H,50,54)/b25-21+/t34-,35-,37?,40+,41-/m1/s1. The lowest BCUT2D eigenvalue weighted by Crippen LogP contribution is -2.51. The van der Waals surface area contributed by atoms with Crippen molar-refractivity contribution in [1.29, 1.82) is 0 Å². The predicted octanol–water partition coefficient (Wildman–Crippen LogP) is 7.46. The molecule has 0 radical (unpaired) electrons. The number of aromatic nitrogens is 2. The van der Waals surface area contributed by atoms with Gasteiger partial charge in [0.15, 0.2) is 0 Å². The van der Waals surface area contributed by atoms with Gasteiger partial charge in [-0.25, -0.2) is 26.4 Å². The Morgan fingerprint density at radius 2 is 1.57 bits per heavy atom. The molecule has 4 N–H and O–H groups in total. The smallest absolute Gasteiger partial charge is 0.421 e. The van der Waals surface area contributed by atoms with Gasteiger partial charge in [-0.2, -0.15) is 8.61 Å². The minimum Gasteiger partial charge on any atom is -0.448 e. The lowest BCUT2D eigenvalue weighted by Gasteiger charge is -2.40. The van der Waals surface area contributed by atoms with Crippen LogP contribution in [0.1, 0.15) is 68.3 Å². The van der Waals surface area contributed by atoms with Crippen molar-refractivity contribution >= 4 is 49.2 Å². The van der Waals surface area contributed by atoms with Gasteiger partial charge in [-0.1, -0.05) is 54.4 Å². The molecule has 0 spiro atoms. The molecule has 1 unspecified atom stereocenters. The summed E-state index contributed by atoms with van der Waals surface area (Å²) in [6.07, 6.45) is 12.0. The summed E-state index contributed by atoms with van der Waals surface area (Å²) in [4.78, 5) is 31.7. The van der Waals surface area contributed by atoms with E-state index in [2.05, 4.69) is 32.6 Å². The number of hydrogen-bond acceptors (Lipinski definition) is 8. The van der Waals surface area contributed by atoms with E-state index >= 15 is 0 Å². The zero-order chi connectivity index (χ0) is 44.6. The Kier molecular flexibility index (Phi) is 14.4. The minimum atomic E-state index is -3.97. The number of ether oxygens (including phenoxy) is 2. The molecular weight excluding hydrogens is 841 g/mol. The number of aromatic amines is 2. The Bertz CT molecular complexity index is 2670. The van der Waals surface area contributed by atoms with Crippen molar-refractivity contribution in [3.8, 4) is 12.0 Å². The lowest BCUT2D eigenvalue weighted by atomic mass is 9.84. The highest BCUT2D eigenvalue weighted by Crippen LogP contribution is 2.36. The highest BCUT2D eigenvalue weighted by atomic mass is 32.2. The Balaban J connectivity index is 0.995. The highest BCUT2D eigenvalue weighted by molar-refractivity contribution is 7.89. The third-order valence-corrected chi connectivity index (χ3v) is 15.9. The maximum atomic E-state index is 14.2. The minimum absolute atomic E-state index is 0.0205. The number of alkyl carbamates (subject to hydrolysis) is 2. The first-order valence-corrected chi connectivity index (χ1v) is 24.1. The van der Waals surface area contributed by atoms with Crippen LogP contribution >= 0.6 is 0 Å². The number of aryl methyl sites for hydroxylation is 1. The Morgan fingerprint density at radius 1 is 0.841 bits per heavy atom. The van der Waals surface area contributed by atoms with Crippen molar-refractivity contribution in [1.82, 2.24) is 29.2 Å². The van der Waals surface area contributed by atoms with E-state index in [0.29, 0.717) is 45.1 Å². The van der Waals surface area contributed by atoms with Crippen LogP contribution in [0, 0.1) is 24.9 Å². The summed E-state index contributed by atoms with van der Waals surface area (Å²) in [5.41, 5.74) is 4.65. The molecule has 2 fully saturated rings. The molecule has 5 atom stereocenters. The second kappa shape index (κ2) is 20.1. The highest BCUT2D eigenvalue weighted by Gasteiger charge is 2.41. The third kappa shape index (κ3) is 11.0. The molecule has 5 aromatic rings. The molecule has 0 bridgehead atoms. The molecule has 2 aliphatic rings. The van der Waals surface area contributed by atoms with Crippen molar-refractivity contribution in [2.24, 2.45) is 5.92 Å². The number of H-pyrrole nitrogens is 2. The zero-order valence-electron chi connectivity index (χ0n) is 35.6. The van der Waals surface area contributed by atoms with Gasteiger partial charge in [0.2, 0.25) is 20.0 Å². The van der Waals surface area contributed by atoms with Gasteiger partial charge in [0, 0.05) is 65.8 Å². The normalized spacial score (nSPS) is 21.1. The fraction of sp³-hybridized carbons (Fsp3) is 0.362. The molecule has 14 nitrogen and oxygen atoms in total. The van der Waals surface area contributed by atoms with Gasteiger partial charge >= 0.3 is 12.2 Å². The number of nitrogens with one attached hydrogen (secondary N) is 4. The summed E-state index contributed by atoms with van der Waals surface area (Å²) in [7, 11) is -7.94. The average Bonchev–Trinajstić information content (AvgIpc) is 3.93. The van der Waals surface area contributed by atoms with Crippen LogP contribution in [-0.2, 0) is 42.4 Å². The van der Waals surface area contributed by atoms with E-state index < -0.39 is 50.4 Å². The number of piperidine rings is 2. The van der Waals surface area contributed by atoms with Gasteiger partial charge in [0.05, 0.1) is 21.9 Å². The topological polar surface area (TPSA) is 183 Å². The molecule has 4 heterocycles. The Morgan fingerprint density at radius 3 is 2.32 bits per heavy atom. The number of rotatable bonds is 13. The number of para-hydroxylation sites is 1. The van der Waals surface area contributed by atoms with E-state index in [1.54, 1.807) is 60.8 Å². The summed E-state index contributed by atoms with van der Waals surface area (Å²) < 4.78 is 70.2. The quantitative estimate of drug-likeness (QED) is 0.0879. The van der Waals surface area contributed by atoms with E-state index in [0.717, 1.165) is 39.7 Å². The second-order valence-electron chi connectivity index (χ2n) is 16.3. The molecule has 2 amide bonds. The third-order valence-electron chi connectivity index (χ3n) is 11.7. The van der Waals surface area contributed by atoms with Gasteiger partial charge in [-0.3, -0.25) is 5.32 Å². The summed E-state index contributed by atoms with van der Waals surface area (Å²) in [5, 5.41) is 6.30. The van der Waals surface area contributed by atoms with E-state index in [1.165, 1.54) is 14.8 Å². The number of amides is 2. The molecule has 16 heteroatoms. The number of sulfonamides is 2. The van der Waals surface area contributed by atoms with Gasteiger partial charge in [-0.15, -0.1) is 0 Å². The number of hydrogen-bond donors (Lipinski definition) is 4. The van der Waals surface area contributed by atoms with Gasteiger partial charge in [0.1, 0.15) is 12.7 Å². The number of carbonyl (C=O) groups excluding carboxylic acids is 2. The molecule has 332 valence electrons. The molecule has 63 heavy (non-hydrogen) atoms. The van der Waals surface area contributed by atoms with Crippen LogP contribution in [-0.4, -0.2) is 84.9 Å². The first-order chi connectivity index (χ1) is 30.3. The largest absolute Gasteiger partial charge is 0.448 e. The van der Waals surface area contributed by atoms with Crippen molar-refractivity contribution in [2.75, 3.05) is 13.2 Å². The summed E-state index contributed by atoms with van der Waals surface area (Å²) in [6.45, 7) is 5.84. The fourth-order valence-electron chi connectivity index (χ4n) is 8.69. The molecule has 2 aliphatic heterocycles. The fourth-order valence-corrected chi connectivity index (χ4v) is 12.3. The average molecular weight is 895 g/mol. The van der Waals surface area contributed by atoms with Crippen LogP contribution in [0.2, 0.25) is 0 Å². The van der Waals surface area contributed by atoms with Crippen molar-refractivity contribution in [2.45, 2.75) is 99.7 Å². The molecule has 0 aliphatic carbocycles. The SMILES string of the molecule is Cc1ccc(S(=O)(=O)N2[C@H](C)CC(Cc3ccc(S(=O)(=O)N4[C@@H](COC(=O)N/C=C/c5c[nH]c6ccccc56)CCC[C@H]4C)cc3)C[C@@H]2C#COC(=O)NCCc2ccc[nH]2)cc1. The van der Waals surface area contributed by atoms with Gasteiger partial charge in [0.25, 0.3) is 0 Å². The van der Waals surface area contributed by atoms with E-state index in [9.17, 15) is 26.4 Å². The molecule has 0 saturated carbocycles. The molecule has 3 aromatic carbocycles. The van der Waals surface area contributed by atoms with Crippen LogP contribution < -0.4 is 10.6 Å². The van der Waals surface area contributed by atoms with Crippen LogP contribution in [0.15, 0.2) is 113 Å². The zero-order valence-corrected chi connectivity index (χ0v) is 37.3. The van der Waals surface area contributed by atoms with Crippen LogP contribution in [0.25, 0.3) is 17.0 Å². The Labute approximate surface area is 369 Å². The van der Waals surface area contributed by atoms with Crippen LogP contribution in [0.3, 0.4) is 0 Å². The predicted molar refractivity (Wildman–Crippen MR) is 241 cm³/mol. The summed E-state index contributed by atoms with van der Waals surface area (Å²) in [6, 6.07) is 23.0. The molecule has 7 rings (SSSR count). The second-order valence-corrected chi connectivity index (χ2v) is 20.0. The monoisotopic (exact) mass is 894 g/mol. The van der Waals surface area contributed by atoms with Crippen LogP contribution in [0.4, 0.5) is 9.59 Å². The van der Waals surface area contributed by atoms with E-state index in [1.807, 2.05) is 63.4 Å². The summed E-state index contributed by atoms with van der Waals surface area (Å²) >= 11 is 0. The van der Waals surface area contributed by atoms with Crippen LogP contribution in [0.5, 0.6) is 0 Å². The van der Waals surface area contributed by atoms with E-state index in [4.69, 9.17) is 9.47 Å². The lowest BCUT2D eigenvalue weighted by molar-refractivity contribution is 0.0913. The number of carbonyl (C=O) groups is 2. The molecule has 2 aromatic heterocycles. The number of nitrogens with zero attached hydrogens (tertiary/aromatic N) is 2. The first kappa shape index (κ1) is 45.2. The number of fused-ring (bicyclic) bond motifs is 1. The maximum absolute atomic E-state index is 14.2. The molecule has 2 saturated heterocycles. The van der Waals surface area contributed by atoms with Gasteiger partial charge < -0.3 is 24.8 Å². The van der Waals surface area contributed by atoms with E-state index in [-0.39, 0.29) is 28.4 Å². The van der Waals surface area contributed by atoms with Gasteiger partial charge in [-0.05, 0) is 119 Å². The van der Waals surface area contributed by atoms with Crippen molar-refractivity contribution < 1.29 is 35.9 Å². The first-order valence-electron chi connectivity index (χ1n) is 21.3.